The SMILES string of the molecule is CCNC1CCc2c(F)cccc2C1=O. The number of ketones is 1. The van der Waals surface area contributed by atoms with Gasteiger partial charge in [0.25, 0.3) is 0 Å². The molecule has 3 heteroatoms. The first kappa shape index (κ1) is 10.3. The van der Waals surface area contributed by atoms with E-state index in [0.717, 1.165) is 6.54 Å². The molecule has 0 radical (unpaired) electrons. The molecule has 0 saturated heterocycles. The second-order valence-electron chi connectivity index (χ2n) is 3.78. The molecule has 0 bridgehead atoms. The molecule has 0 spiro atoms. The Labute approximate surface area is 88.5 Å². The molecule has 2 nitrogen and oxygen atoms in total. The van der Waals surface area contributed by atoms with Gasteiger partial charge in [-0.25, -0.2) is 4.39 Å². The molecule has 0 saturated carbocycles. The van der Waals surface area contributed by atoms with Crippen molar-refractivity contribution in [2.24, 2.45) is 0 Å². The van der Waals surface area contributed by atoms with Gasteiger partial charge < -0.3 is 5.32 Å². The Hall–Kier alpha value is -1.22. The average molecular weight is 207 g/mol. The highest BCUT2D eigenvalue weighted by molar-refractivity contribution is 6.02. The van der Waals surface area contributed by atoms with E-state index in [0.29, 0.717) is 24.0 Å². The predicted octanol–water partition coefficient (Wildman–Crippen LogP) is 1.93. The Morgan fingerprint density at radius 1 is 1.53 bits per heavy atom. The van der Waals surface area contributed by atoms with Crippen LogP contribution < -0.4 is 5.32 Å². The molecule has 1 aromatic carbocycles. The van der Waals surface area contributed by atoms with Crippen molar-refractivity contribution < 1.29 is 9.18 Å². The summed E-state index contributed by atoms with van der Waals surface area (Å²) < 4.78 is 13.4. The zero-order chi connectivity index (χ0) is 10.8. The Balaban J connectivity index is 2.34. The Kier molecular flexibility index (Phi) is 2.82. The van der Waals surface area contributed by atoms with Crippen molar-refractivity contribution in [2.75, 3.05) is 6.54 Å². The molecule has 0 heterocycles. The third-order valence-corrected chi connectivity index (χ3v) is 2.83. The van der Waals surface area contributed by atoms with Gasteiger partial charge in [0.15, 0.2) is 5.78 Å². The van der Waals surface area contributed by atoms with Crippen molar-refractivity contribution in [1.82, 2.24) is 5.32 Å². The van der Waals surface area contributed by atoms with Gasteiger partial charge in [-0.3, -0.25) is 4.79 Å². The zero-order valence-corrected chi connectivity index (χ0v) is 8.72. The summed E-state index contributed by atoms with van der Waals surface area (Å²) in [6, 6.07) is 4.59. The van der Waals surface area contributed by atoms with Gasteiger partial charge in [-0.1, -0.05) is 19.1 Å². The third kappa shape index (κ3) is 1.79. The fourth-order valence-corrected chi connectivity index (χ4v) is 2.09. The lowest BCUT2D eigenvalue weighted by Crippen LogP contribution is -2.40. The van der Waals surface area contributed by atoms with Crippen LogP contribution >= 0.6 is 0 Å². The number of fused-ring (bicyclic) bond motifs is 1. The summed E-state index contributed by atoms with van der Waals surface area (Å²) in [5, 5.41) is 3.12. The fourth-order valence-electron chi connectivity index (χ4n) is 2.09. The number of benzene rings is 1. The van der Waals surface area contributed by atoms with Gasteiger partial charge in [0.05, 0.1) is 6.04 Å². The topological polar surface area (TPSA) is 29.1 Å². The third-order valence-electron chi connectivity index (χ3n) is 2.83. The molecule has 15 heavy (non-hydrogen) atoms. The quantitative estimate of drug-likeness (QED) is 0.802. The van der Waals surface area contributed by atoms with Crippen molar-refractivity contribution >= 4 is 5.78 Å². The molecule has 1 aromatic rings. The number of likely N-dealkylation sites (N-methyl/N-ethyl adjacent to an activating group) is 1. The number of Topliss-reactive ketones (excluding diaryl/α,β-unsaturated/α-hetero) is 1. The highest BCUT2D eigenvalue weighted by Crippen LogP contribution is 2.23. The molecule has 1 N–H and O–H groups in total. The number of halogens is 1. The summed E-state index contributed by atoms with van der Waals surface area (Å²) in [6.07, 6.45) is 1.34. The van der Waals surface area contributed by atoms with Crippen LogP contribution in [0.3, 0.4) is 0 Å². The Morgan fingerprint density at radius 2 is 2.33 bits per heavy atom. The van der Waals surface area contributed by atoms with Crippen LogP contribution in [-0.2, 0) is 6.42 Å². The predicted molar refractivity (Wildman–Crippen MR) is 56.5 cm³/mol. The monoisotopic (exact) mass is 207 g/mol. The summed E-state index contributed by atoms with van der Waals surface area (Å²) >= 11 is 0. The number of hydrogen-bond donors (Lipinski definition) is 1. The average Bonchev–Trinajstić information content (AvgIpc) is 2.23. The highest BCUT2D eigenvalue weighted by atomic mass is 19.1. The number of carbonyl (C=O) groups is 1. The van der Waals surface area contributed by atoms with Gasteiger partial charge in [0.1, 0.15) is 5.82 Å². The van der Waals surface area contributed by atoms with Gasteiger partial charge in [-0.15, -0.1) is 0 Å². The summed E-state index contributed by atoms with van der Waals surface area (Å²) in [4.78, 5) is 11.9. The summed E-state index contributed by atoms with van der Waals surface area (Å²) in [5.41, 5.74) is 1.13. The number of carbonyl (C=O) groups excluding carboxylic acids is 1. The van der Waals surface area contributed by atoms with Crippen LogP contribution in [0.4, 0.5) is 4.39 Å². The largest absolute Gasteiger partial charge is 0.307 e. The van der Waals surface area contributed by atoms with E-state index in [1.807, 2.05) is 6.92 Å². The number of rotatable bonds is 2. The normalized spacial score (nSPS) is 20.1. The minimum Gasteiger partial charge on any atom is -0.307 e. The molecule has 0 amide bonds. The maximum atomic E-state index is 13.4. The Morgan fingerprint density at radius 3 is 3.07 bits per heavy atom. The van der Waals surface area contributed by atoms with Gasteiger partial charge in [0, 0.05) is 5.56 Å². The summed E-state index contributed by atoms with van der Waals surface area (Å²) in [6.45, 7) is 2.73. The van der Waals surface area contributed by atoms with Crippen LogP contribution in [0, 0.1) is 5.82 Å². The molecule has 0 fully saturated rings. The van der Waals surface area contributed by atoms with Crippen LogP contribution in [0.2, 0.25) is 0 Å². The second kappa shape index (κ2) is 4.11. The van der Waals surface area contributed by atoms with Crippen LogP contribution in [0.1, 0.15) is 29.3 Å². The second-order valence-corrected chi connectivity index (χ2v) is 3.78. The van der Waals surface area contributed by atoms with Crippen molar-refractivity contribution in [1.29, 1.82) is 0 Å². The first-order valence-corrected chi connectivity index (χ1v) is 5.29. The van der Waals surface area contributed by atoms with Gasteiger partial charge in [0.2, 0.25) is 0 Å². The molecule has 2 rings (SSSR count). The maximum Gasteiger partial charge on any atom is 0.180 e. The molecular formula is C12H14FNO. The highest BCUT2D eigenvalue weighted by Gasteiger charge is 2.27. The smallest absolute Gasteiger partial charge is 0.180 e. The molecule has 1 unspecified atom stereocenters. The maximum absolute atomic E-state index is 13.4. The molecule has 1 aliphatic carbocycles. The van der Waals surface area contributed by atoms with Crippen molar-refractivity contribution in [3.05, 3.63) is 35.1 Å². The van der Waals surface area contributed by atoms with Gasteiger partial charge >= 0.3 is 0 Å². The lowest BCUT2D eigenvalue weighted by Gasteiger charge is -2.23. The number of nitrogens with one attached hydrogen (secondary N) is 1. The van der Waals surface area contributed by atoms with Crippen LogP contribution in [0.15, 0.2) is 18.2 Å². The van der Waals surface area contributed by atoms with E-state index in [1.54, 1.807) is 12.1 Å². The molecule has 0 aliphatic heterocycles. The van der Waals surface area contributed by atoms with E-state index in [9.17, 15) is 9.18 Å². The molecular weight excluding hydrogens is 193 g/mol. The molecule has 0 aromatic heterocycles. The van der Waals surface area contributed by atoms with Gasteiger partial charge in [-0.2, -0.15) is 0 Å². The number of hydrogen-bond acceptors (Lipinski definition) is 2. The molecule has 1 atom stereocenters. The van der Waals surface area contributed by atoms with E-state index < -0.39 is 0 Å². The van der Waals surface area contributed by atoms with E-state index in [2.05, 4.69) is 5.32 Å². The summed E-state index contributed by atoms with van der Waals surface area (Å²) in [7, 11) is 0. The van der Waals surface area contributed by atoms with Crippen LogP contribution in [-0.4, -0.2) is 18.4 Å². The van der Waals surface area contributed by atoms with Crippen molar-refractivity contribution in [3.63, 3.8) is 0 Å². The molecule has 1 aliphatic rings. The van der Waals surface area contributed by atoms with Gasteiger partial charge in [-0.05, 0) is 31.0 Å². The van der Waals surface area contributed by atoms with Crippen molar-refractivity contribution in [2.45, 2.75) is 25.8 Å². The van der Waals surface area contributed by atoms with Crippen LogP contribution in [0.5, 0.6) is 0 Å². The lowest BCUT2D eigenvalue weighted by molar-refractivity contribution is 0.0928. The van der Waals surface area contributed by atoms with E-state index in [1.165, 1.54) is 6.07 Å². The minimum absolute atomic E-state index is 0.0256. The fraction of sp³-hybridized carbons (Fsp3) is 0.417. The van der Waals surface area contributed by atoms with Crippen LogP contribution in [0.25, 0.3) is 0 Å². The lowest BCUT2D eigenvalue weighted by atomic mass is 9.87. The first-order chi connectivity index (χ1) is 7.24. The van der Waals surface area contributed by atoms with E-state index >= 15 is 0 Å². The Bertz CT molecular complexity index is 389. The zero-order valence-electron chi connectivity index (χ0n) is 8.72. The van der Waals surface area contributed by atoms with E-state index in [-0.39, 0.29) is 17.6 Å². The first-order valence-electron chi connectivity index (χ1n) is 5.29. The molecule has 80 valence electrons. The minimum atomic E-state index is -0.254. The van der Waals surface area contributed by atoms with Crippen molar-refractivity contribution in [3.8, 4) is 0 Å². The summed E-state index contributed by atoms with van der Waals surface area (Å²) in [5.74, 6) is -0.228. The standard InChI is InChI=1S/C12H14FNO/c1-2-14-11-7-6-8-9(12(11)15)4-3-5-10(8)13/h3-5,11,14H,2,6-7H2,1H3. The van der Waals surface area contributed by atoms with E-state index in [4.69, 9.17) is 0 Å².